The van der Waals surface area contributed by atoms with E-state index in [1.807, 2.05) is 27.7 Å². The Morgan fingerprint density at radius 2 is 1.79 bits per heavy atom. The lowest BCUT2D eigenvalue weighted by molar-refractivity contribution is 0.315. The van der Waals surface area contributed by atoms with Crippen molar-refractivity contribution in [1.29, 1.82) is 0 Å². The molecule has 0 spiro atoms. The Labute approximate surface area is 82.3 Å². The number of anilines is 1. The second kappa shape index (κ2) is 4.04. The molecule has 0 radical (unpaired) electrons. The third-order valence-electron chi connectivity index (χ3n) is 1.95. The smallest absolute Gasteiger partial charge is 0.226 e. The Morgan fingerprint density at radius 1 is 1.14 bits per heavy atom. The summed E-state index contributed by atoms with van der Waals surface area (Å²) < 4.78 is 4.51. The zero-order chi connectivity index (χ0) is 10.7. The number of aromatic nitrogens is 3. The lowest BCUT2D eigenvalue weighted by Gasteiger charge is -2.00. The summed E-state index contributed by atoms with van der Waals surface area (Å²) in [5.74, 6) is 0. The number of hydrogen-bond acceptors (Lipinski definition) is 5. The average molecular weight is 194 g/mol. The van der Waals surface area contributed by atoms with Crippen molar-refractivity contribution in [2.75, 3.05) is 5.73 Å². The van der Waals surface area contributed by atoms with Crippen LogP contribution in [-0.2, 0) is 0 Å². The quantitative estimate of drug-likeness (QED) is 0.692. The number of pyridine rings is 1. The Morgan fingerprint density at radius 3 is 2.43 bits per heavy atom. The minimum absolute atomic E-state index is 0.468. The van der Waals surface area contributed by atoms with Crippen molar-refractivity contribution in [3.63, 3.8) is 0 Å². The summed E-state index contributed by atoms with van der Waals surface area (Å²) in [4.78, 5) is 4.15. The zero-order valence-electron chi connectivity index (χ0n) is 8.83. The fourth-order valence-corrected chi connectivity index (χ4v) is 1.04. The summed E-state index contributed by atoms with van der Waals surface area (Å²) >= 11 is 0. The van der Waals surface area contributed by atoms with Gasteiger partial charge in [-0.2, -0.15) is 0 Å². The van der Waals surface area contributed by atoms with E-state index >= 15 is 0 Å². The molecule has 5 heteroatoms. The van der Waals surface area contributed by atoms with Crippen LogP contribution in [0, 0.1) is 13.8 Å². The van der Waals surface area contributed by atoms with E-state index in [1.54, 1.807) is 0 Å². The van der Waals surface area contributed by atoms with E-state index in [0.717, 1.165) is 11.3 Å². The first-order valence-electron chi connectivity index (χ1n) is 4.55. The normalized spacial score (nSPS) is 9.71. The van der Waals surface area contributed by atoms with Gasteiger partial charge in [0.2, 0.25) is 5.65 Å². The number of hydrogen-bond donors (Lipinski definition) is 1. The van der Waals surface area contributed by atoms with Crippen LogP contribution in [0.5, 0.6) is 0 Å². The first kappa shape index (κ1) is 10.4. The van der Waals surface area contributed by atoms with Crippen molar-refractivity contribution in [2.24, 2.45) is 0 Å². The molecule has 2 aromatic heterocycles. The van der Waals surface area contributed by atoms with E-state index in [9.17, 15) is 0 Å². The lowest BCUT2D eigenvalue weighted by Crippen LogP contribution is -1.96. The number of nitrogens with zero attached hydrogens (tertiary/aromatic N) is 3. The molecule has 0 saturated carbocycles. The highest BCUT2D eigenvalue weighted by Gasteiger charge is 2.10. The van der Waals surface area contributed by atoms with Crippen molar-refractivity contribution >= 4 is 16.9 Å². The van der Waals surface area contributed by atoms with Crippen LogP contribution < -0.4 is 5.73 Å². The van der Waals surface area contributed by atoms with Crippen molar-refractivity contribution in [1.82, 2.24) is 15.3 Å². The van der Waals surface area contributed by atoms with Crippen LogP contribution in [0.3, 0.4) is 0 Å². The van der Waals surface area contributed by atoms with Gasteiger partial charge in [-0.25, -0.2) is 9.61 Å². The van der Waals surface area contributed by atoms with E-state index in [4.69, 9.17) is 5.73 Å². The summed E-state index contributed by atoms with van der Waals surface area (Å²) in [5, 5.41) is 7.25. The van der Waals surface area contributed by atoms with Gasteiger partial charge in [-0.05, 0) is 29.7 Å². The molecule has 0 aromatic carbocycles. The topological polar surface area (TPSA) is 77.8 Å². The first-order valence-corrected chi connectivity index (χ1v) is 4.55. The second-order valence-electron chi connectivity index (χ2n) is 2.67. The molecule has 0 aliphatic heterocycles. The third kappa shape index (κ3) is 1.53. The molecule has 76 valence electrons. The van der Waals surface area contributed by atoms with Crippen LogP contribution >= 0.6 is 0 Å². The number of fused-ring (bicyclic) bond motifs is 1. The predicted octanol–water partition coefficient (Wildman–Crippen LogP) is 1.84. The van der Waals surface area contributed by atoms with E-state index in [0.29, 0.717) is 16.9 Å². The van der Waals surface area contributed by atoms with E-state index < -0.39 is 0 Å². The van der Waals surface area contributed by atoms with Gasteiger partial charge in [-0.1, -0.05) is 13.8 Å². The molecule has 0 aliphatic rings. The highest BCUT2D eigenvalue weighted by atomic mass is 16.6. The molecule has 0 bridgehead atoms. The number of aryl methyl sites for hydroxylation is 1. The fourth-order valence-electron chi connectivity index (χ4n) is 1.04. The molecular weight excluding hydrogens is 180 g/mol. The maximum Gasteiger partial charge on any atom is 0.226 e. The summed E-state index contributed by atoms with van der Waals surface area (Å²) in [6.45, 7) is 7.77. The highest BCUT2D eigenvalue weighted by molar-refractivity contribution is 5.85. The van der Waals surface area contributed by atoms with E-state index in [-0.39, 0.29) is 0 Å². The van der Waals surface area contributed by atoms with Gasteiger partial charge in [0.25, 0.3) is 0 Å². The lowest BCUT2D eigenvalue weighted by atomic mass is 10.2. The van der Waals surface area contributed by atoms with Crippen LogP contribution in [-0.4, -0.2) is 15.3 Å². The van der Waals surface area contributed by atoms with E-state index in [2.05, 4.69) is 19.9 Å². The minimum atomic E-state index is 0.468. The first-order chi connectivity index (χ1) is 6.70. The Balaban J connectivity index is 0.000000461. The van der Waals surface area contributed by atoms with Gasteiger partial charge in [0, 0.05) is 5.69 Å². The molecule has 0 saturated heterocycles. The van der Waals surface area contributed by atoms with Crippen LogP contribution in [0.25, 0.3) is 11.2 Å². The molecule has 2 rings (SSSR count). The van der Waals surface area contributed by atoms with Crippen molar-refractivity contribution in [3.8, 4) is 0 Å². The van der Waals surface area contributed by atoms with Gasteiger partial charge in [0.1, 0.15) is 0 Å². The second-order valence-corrected chi connectivity index (χ2v) is 2.67. The predicted molar refractivity (Wildman–Crippen MR) is 54.8 cm³/mol. The summed E-state index contributed by atoms with van der Waals surface area (Å²) in [5.41, 5.74) is 9.15. The van der Waals surface area contributed by atoms with Crippen LogP contribution in [0.2, 0.25) is 0 Å². The minimum Gasteiger partial charge on any atom is -0.396 e. The zero-order valence-corrected chi connectivity index (χ0v) is 8.83. The van der Waals surface area contributed by atoms with Crippen molar-refractivity contribution < 1.29 is 4.63 Å². The van der Waals surface area contributed by atoms with Gasteiger partial charge in [0.05, 0.1) is 5.69 Å². The van der Waals surface area contributed by atoms with Crippen molar-refractivity contribution in [3.05, 3.63) is 11.3 Å². The molecule has 0 aliphatic carbocycles. The Kier molecular flexibility index (Phi) is 3.01. The van der Waals surface area contributed by atoms with E-state index in [1.165, 1.54) is 0 Å². The molecule has 0 unspecified atom stereocenters. The SMILES string of the molecule is CC.Cc1nc2nonc2c(N)c1C. The monoisotopic (exact) mass is 194 g/mol. The van der Waals surface area contributed by atoms with Crippen molar-refractivity contribution in [2.45, 2.75) is 27.7 Å². The maximum absolute atomic E-state index is 5.76. The summed E-state index contributed by atoms with van der Waals surface area (Å²) in [7, 11) is 0. The van der Waals surface area contributed by atoms with Gasteiger partial charge in [-0.15, -0.1) is 0 Å². The van der Waals surface area contributed by atoms with Gasteiger partial charge in [-0.3, -0.25) is 0 Å². The number of rotatable bonds is 0. The molecule has 2 heterocycles. The number of nitrogens with two attached hydrogens (primary N) is 1. The maximum atomic E-state index is 5.76. The summed E-state index contributed by atoms with van der Waals surface area (Å²) in [6.07, 6.45) is 0. The molecule has 5 nitrogen and oxygen atoms in total. The molecular formula is C9H14N4O. The third-order valence-corrected chi connectivity index (χ3v) is 1.95. The molecule has 0 amide bonds. The molecule has 0 atom stereocenters. The number of nitrogen functional groups attached to an aromatic ring is 1. The van der Waals surface area contributed by atoms with Gasteiger partial charge < -0.3 is 5.73 Å². The summed E-state index contributed by atoms with van der Waals surface area (Å²) in [6, 6.07) is 0. The Bertz CT molecular complexity index is 436. The fraction of sp³-hybridized carbons (Fsp3) is 0.444. The standard InChI is InChI=1S/C7H8N4O.C2H6/c1-3-4(2)9-7-6(5(3)8)10-12-11-7;1-2/h8H2,1-2H3;1-2H3. The molecule has 2 aromatic rings. The Hall–Kier alpha value is -1.65. The van der Waals surface area contributed by atoms with Gasteiger partial charge >= 0.3 is 0 Å². The molecule has 2 N–H and O–H groups in total. The largest absolute Gasteiger partial charge is 0.396 e. The molecule has 14 heavy (non-hydrogen) atoms. The highest BCUT2D eigenvalue weighted by Crippen LogP contribution is 2.21. The van der Waals surface area contributed by atoms with Crippen LogP contribution in [0.1, 0.15) is 25.1 Å². The van der Waals surface area contributed by atoms with Crippen LogP contribution in [0.4, 0.5) is 5.69 Å². The van der Waals surface area contributed by atoms with Gasteiger partial charge in [0.15, 0.2) is 5.52 Å². The molecule has 0 fully saturated rings. The van der Waals surface area contributed by atoms with Crippen LogP contribution in [0.15, 0.2) is 4.63 Å². The average Bonchev–Trinajstić information content (AvgIpc) is 2.65.